The smallest absolute Gasteiger partial charge is 0.234 e. The first-order chi connectivity index (χ1) is 13.5. The highest BCUT2D eigenvalue weighted by Gasteiger charge is 2.44. The third-order valence-electron chi connectivity index (χ3n) is 6.09. The molecule has 0 radical (unpaired) electrons. The molecule has 1 aromatic rings. The maximum absolute atomic E-state index is 13.6. The van der Waals surface area contributed by atoms with E-state index in [2.05, 4.69) is 16.3 Å². The molecule has 1 heterocycles. The largest absolute Gasteiger partial charge is 0.355 e. The number of carbonyl (C=O) groups is 2. The van der Waals surface area contributed by atoms with Crippen LogP contribution < -0.4 is 5.32 Å². The van der Waals surface area contributed by atoms with Crippen molar-refractivity contribution in [2.45, 2.75) is 50.9 Å². The van der Waals surface area contributed by atoms with Gasteiger partial charge in [0.2, 0.25) is 11.8 Å². The lowest BCUT2D eigenvalue weighted by molar-refractivity contribution is -0.140. The fourth-order valence-electron chi connectivity index (χ4n) is 4.50. The van der Waals surface area contributed by atoms with Crippen LogP contribution in [0.2, 0.25) is 5.02 Å². The topological polar surface area (TPSA) is 52.7 Å². The predicted octanol–water partition coefficient (Wildman–Crippen LogP) is 3.21. The molecule has 1 N–H and O–H groups in total. The molecule has 0 atom stereocenters. The molecule has 6 heteroatoms. The van der Waals surface area contributed by atoms with Crippen molar-refractivity contribution >= 4 is 23.4 Å². The molecule has 2 aliphatic rings. The second-order valence-electron chi connectivity index (χ2n) is 8.07. The first-order valence-corrected chi connectivity index (χ1v) is 11.0. The van der Waals surface area contributed by atoms with Gasteiger partial charge in [-0.05, 0) is 37.0 Å². The van der Waals surface area contributed by atoms with Crippen molar-refractivity contribution in [2.75, 3.05) is 39.3 Å². The molecule has 1 aliphatic heterocycles. The number of nitrogens with zero attached hydrogens (tertiary/aromatic N) is 2. The molecule has 1 aromatic carbocycles. The van der Waals surface area contributed by atoms with E-state index in [1.54, 1.807) is 0 Å². The number of piperazine rings is 1. The number of rotatable bonds is 6. The fraction of sp³-hybridized carbons (Fsp3) is 0.636. The van der Waals surface area contributed by atoms with Gasteiger partial charge in [0.1, 0.15) is 0 Å². The highest BCUT2D eigenvalue weighted by molar-refractivity contribution is 6.30. The molecular weight excluding hydrogens is 374 g/mol. The molecule has 1 aliphatic carbocycles. The van der Waals surface area contributed by atoms with Crippen LogP contribution in [0, 0.1) is 0 Å². The molecule has 2 fully saturated rings. The number of hydrogen-bond donors (Lipinski definition) is 1. The molecule has 1 saturated heterocycles. The van der Waals surface area contributed by atoms with Crippen molar-refractivity contribution in [3.05, 3.63) is 34.9 Å². The average molecular weight is 406 g/mol. The summed E-state index contributed by atoms with van der Waals surface area (Å²) in [6.07, 6.45) is 6.08. The van der Waals surface area contributed by atoms with Crippen LogP contribution in [0.25, 0.3) is 0 Å². The van der Waals surface area contributed by atoms with E-state index in [-0.39, 0.29) is 11.8 Å². The summed E-state index contributed by atoms with van der Waals surface area (Å²) < 4.78 is 0. The highest BCUT2D eigenvalue weighted by atomic mass is 35.5. The molecule has 1 saturated carbocycles. The van der Waals surface area contributed by atoms with Crippen LogP contribution in [0.5, 0.6) is 0 Å². The second kappa shape index (κ2) is 9.75. The average Bonchev–Trinajstić information content (AvgIpc) is 2.73. The second-order valence-corrected chi connectivity index (χ2v) is 8.51. The highest BCUT2D eigenvalue weighted by Crippen LogP contribution is 2.41. The zero-order valence-electron chi connectivity index (χ0n) is 16.9. The van der Waals surface area contributed by atoms with E-state index in [0.717, 1.165) is 57.3 Å². The van der Waals surface area contributed by atoms with E-state index in [0.29, 0.717) is 24.7 Å². The summed E-state index contributed by atoms with van der Waals surface area (Å²) in [4.78, 5) is 29.7. The Morgan fingerprint density at radius 3 is 2.46 bits per heavy atom. The Balaban J connectivity index is 1.66. The lowest BCUT2D eigenvalue weighted by atomic mass is 9.68. The van der Waals surface area contributed by atoms with Crippen LogP contribution in [0.4, 0.5) is 0 Å². The van der Waals surface area contributed by atoms with Gasteiger partial charge in [-0.3, -0.25) is 14.5 Å². The van der Waals surface area contributed by atoms with Gasteiger partial charge in [-0.1, -0.05) is 49.9 Å². The zero-order valence-corrected chi connectivity index (χ0v) is 17.6. The van der Waals surface area contributed by atoms with Gasteiger partial charge in [0.25, 0.3) is 0 Å². The van der Waals surface area contributed by atoms with E-state index in [1.165, 1.54) is 6.42 Å². The fourth-order valence-corrected chi connectivity index (χ4v) is 4.69. The minimum atomic E-state index is -0.441. The Kier molecular flexibility index (Phi) is 7.36. The molecule has 0 unspecified atom stereocenters. The van der Waals surface area contributed by atoms with Crippen LogP contribution in [-0.4, -0.2) is 60.9 Å². The van der Waals surface area contributed by atoms with Crippen molar-refractivity contribution in [1.29, 1.82) is 0 Å². The third-order valence-corrected chi connectivity index (χ3v) is 6.33. The van der Waals surface area contributed by atoms with Crippen LogP contribution in [-0.2, 0) is 15.0 Å². The van der Waals surface area contributed by atoms with Gasteiger partial charge >= 0.3 is 0 Å². The molecule has 2 amide bonds. The van der Waals surface area contributed by atoms with E-state index >= 15 is 0 Å². The van der Waals surface area contributed by atoms with Crippen molar-refractivity contribution in [1.82, 2.24) is 15.1 Å². The van der Waals surface area contributed by atoms with E-state index < -0.39 is 5.41 Å². The monoisotopic (exact) mass is 405 g/mol. The minimum absolute atomic E-state index is 0.0734. The first kappa shape index (κ1) is 21.1. The van der Waals surface area contributed by atoms with Gasteiger partial charge in [-0.2, -0.15) is 0 Å². The summed E-state index contributed by atoms with van der Waals surface area (Å²) in [6, 6.07) is 7.85. The van der Waals surface area contributed by atoms with E-state index in [9.17, 15) is 9.59 Å². The summed E-state index contributed by atoms with van der Waals surface area (Å²) in [5.41, 5.74) is 0.621. The Hall–Kier alpha value is -1.59. The summed E-state index contributed by atoms with van der Waals surface area (Å²) in [6.45, 7) is 6.05. The lowest BCUT2D eigenvalue weighted by Crippen LogP contribution is -2.56. The van der Waals surface area contributed by atoms with Crippen LogP contribution >= 0.6 is 11.6 Å². The Labute approximate surface area is 173 Å². The number of hydrogen-bond acceptors (Lipinski definition) is 3. The van der Waals surface area contributed by atoms with E-state index in [1.807, 2.05) is 30.0 Å². The van der Waals surface area contributed by atoms with Crippen molar-refractivity contribution in [2.24, 2.45) is 0 Å². The molecule has 154 valence electrons. The maximum Gasteiger partial charge on any atom is 0.234 e. The Morgan fingerprint density at radius 2 is 1.82 bits per heavy atom. The first-order valence-electron chi connectivity index (χ1n) is 10.6. The van der Waals surface area contributed by atoms with Gasteiger partial charge in [0.15, 0.2) is 0 Å². The predicted molar refractivity (Wildman–Crippen MR) is 113 cm³/mol. The summed E-state index contributed by atoms with van der Waals surface area (Å²) in [5, 5.41) is 3.62. The quantitative estimate of drug-likeness (QED) is 0.790. The molecule has 28 heavy (non-hydrogen) atoms. The number of carbonyl (C=O) groups excluding carboxylic acids is 2. The standard InChI is InChI=1S/C22H32ClN3O2/c1-2-11-24-20(27)17-25-12-14-26(15-13-25)21(28)22(9-4-3-5-10-22)18-7-6-8-19(23)16-18/h6-8,16H,2-5,9-15,17H2,1H3,(H,24,27). The summed E-state index contributed by atoms with van der Waals surface area (Å²) >= 11 is 6.25. The van der Waals surface area contributed by atoms with E-state index in [4.69, 9.17) is 11.6 Å². The lowest BCUT2D eigenvalue weighted by Gasteiger charge is -2.43. The van der Waals surface area contributed by atoms with Crippen molar-refractivity contribution in [3.63, 3.8) is 0 Å². The molecule has 0 aromatic heterocycles. The molecule has 3 rings (SSSR count). The van der Waals surface area contributed by atoms with Crippen molar-refractivity contribution < 1.29 is 9.59 Å². The number of halogens is 1. The van der Waals surface area contributed by atoms with Crippen LogP contribution in [0.3, 0.4) is 0 Å². The number of nitrogens with one attached hydrogen (secondary N) is 1. The molecule has 0 bridgehead atoms. The number of amides is 2. The normalized spacial score (nSPS) is 20.0. The summed E-state index contributed by atoms with van der Waals surface area (Å²) in [7, 11) is 0. The van der Waals surface area contributed by atoms with Gasteiger partial charge in [-0.15, -0.1) is 0 Å². The number of benzene rings is 1. The van der Waals surface area contributed by atoms with Gasteiger partial charge in [0, 0.05) is 37.7 Å². The zero-order chi connectivity index (χ0) is 20.0. The molecule has 5 nitrogen and oxygen atoms in total. The SMILES string of the molecule is CCCNC(=O)CN1CCN(C(=O)C2(c3cccc(Cl)c3)CCCCC2)CC1. The Bertz CT molecular complexity index is 680. The van der Waals surface area contributed by atoms with Crippen molar-refractivity contribution in [3.8, 4) is 0 Å². The van der Waals surface area contributed by atoms with Gasteiger partial charge < -0.3 is 10.2 Å². The third kappa shape index (κ3) is 4.87. The molecule has 0 spiro atoms. The Morgan fingerprint density at radius 1 is 1.11 bits per heavy atom. The maximum atomic E-state index is 13.6. The van der Waals surface area contributed by atoms with Crippen LogP contribution in [0.1, 0.15) is 51.0 Å². The summed E-state index contributed by atoms with van der Waals surface area (Å²) in [5.74, 6) is 0.314. The van der Waals surface area contributed by atoms with Crippen LogP contribution in [0.15, 0.2) is 24.3 Å². The minimum Gasteiger partial charge on any atom is -0.355 e. The van der Waals surface area contributed by atoms with Gasteiger partial charge in [0.05, 0.1) is 12.0 Å². The molecular formula is C22H32ClN3O2. The van der Waals surface area contributed by atoms with Gasteiger partial charge in [-0.25, -0.2) is 0 Å².